The number of thiazole rings is 1. The molecule has 0 bridgehead atoms. The van der Waals surface area contributed by atoms with E-state index in [0.29, 0.717) is 6.54 Å². The number of aromatic nitrogens is 1. The fourth-order valence-electron chi connectivity index (χ4n) is 2.73. The average molecular weight is 399 g/mol. The van der Waals surface area contributed by atoms with Gasteiger partial charge in [-0.25, -0.2) is 4.98 Å². The van der Waals surface area contributed by atoms with Gasteiger partial charge in [0.2, 0.25) is 5.91 Å². The van der Waals surface area contributed by atoms with Crippen molar-refractivity contribution in [3.05, 3.63) is 11.6 Å². The summed E-state index contributed by atoms with van der Waals surface area (Å²) in [5.74, 6) is 2.11. The minimum absolute atomic E-state index is 0.105. The van der Waals surface area contributed by atoms with E-state index in [-0.39, 0.29) is 11.9 Å². The summed E-state index contributed by atoms with van der Waals surface area (Å²) >= 11 is 3.49. The van der Waals surface area contributed by atoms with Gasteiger partial charge in [-0.3, -0.25) is 14.7 Å². The lowest BCUT2D eigenvalue weighted by Crippen LogP contribution is -2.54. The molecule has 1 aromatic heterocycles. The van der Waals surface area contributed by atoms with Crippen molar-refractivity contribution in [2.24, 2.45) is 4.99 Å². The Morgan fingerprint density at radius 3 is 2.77 bits per heavy atom. The highest BCUT2D eigenvalue weighted by Gasteiger charge is 2.21. The molecule has 1 aromatic rings. The van der Waals surface area contributed by atoms with Gasteiger partial charge in [0.1, 0.15) is 4.34 Å². The highest BCUT2D eigenvalue weighted by molar-refractivity contribution is 8.00. The summed E-state index contributed by atoms with van der Waals surface area (Å²) in [5, 5.41) is 8.41. The number of nitrogens with one attached hydrogen (secondary N) is 2. The number of guanidine groups is 1. The van der Waals surface area contributed by atoms with Crippen molar-refractivity contribution in [1.29, 1.82) is 0 Å². The Balaban J connectivity index is 1.62. The van der Waals surface area contributed by atoms with E-state index in [1.165, 1.54) is 0 Å². The second-order valence-corrected chi connectivity index (χ2v) is 8.70. The Labute approximate surface area is 164 Å². The van der Waals surface area contributed by atoms with E-state index in [1.807, 2.05) is 32.5 Å². The zero-order valence-electron chi connectivity index (χ0n) is 15.9. The van der Waals surface area contributed by atoms with Crippen molar-refractivity contribution in [3.8, 4) is 0 Å². The largest absolute Gasteiger partial charge is 0.356 e. The Bertz CT molecular complexity index is 556. The Morgan fingerprint density at radius 1 is 1.38 bits per heavy atom. The molecule has 2 heterocycles. The van der Waals surface area contributed by atoms with Gasteiger partial charge in [0, 0.05) is 63.1 Å². The first-order valence-electron chi connectivity index (χ1n) is 9.08. The third-order valence-corrected chi connectivity index (χ3v) is 5.99. The molecule has 1 saturated heterocycles. The van der Waals surface area contributed by atoms with Gasteiger partial charge in [-0.05, 0) is 20.3 Å². The van der Waals surface area contributed by atoms with Crippen LogP contribution in [0.1, 0.15) is 20.3 Å². The Kier molecular flexibility index (Phi) is 9.21. The van der Waals surface area contributed by atoms with E-state index in [2.05, 4.69) is 30.4 Å². The molecule has 2 rings (SSSR count). The fraction of sp³-hybridized carbons (Fsp3) is 0.706. The molecular formula is C17H30N6OS2. The predicted molar refractivity (Wildman–Crippen MR) is 110 cm³/mol. The number of hydrogen-bond acceptors (Lipinski definition) is 6. The van der Waals surface area contributed by atoms with Crippen LogP contribution in [0, 0.1) is 0 Å². The molecule has 9 heteroatoms. The molecule has 0 unspecified atom stereocenters. The Hall–Kier alpha value is -1.32. The SMILES string of the molecule is CN=C(NCCCSc1nccs1)N1CCN(CC(=O)NC(C)C)CC1. The number of thioether (sulfide) groups is 1. The van der Waals surface area contributed by atoms with E-state index in [1.54, 1.807) is 23.1 Å². The van der Waals surface area contributed by atoms with Gasteiger partial charge in [-0.2, -0.15) is 0 Å². The number of carbonyl (C=O) groups excluding carboxylic acids is 1. The number of carbonyl (C=O) groups is 1. The molecule has 0 spiro atoms. The second-order valence-electron chi connectivity index (χ2n) is 6.46. The summed E-state index contributed by atoms with van der Waals surface area (Å²) in [6, 6.07) is 0.195. The van der Waals surface area contributed by atoms with Crippen LogP contribution in [0.3, 0.4) is 0 Å². The summed E-state index contributed by atoms with van der Waals surface area (Å²) in [5.41, 5.74) is 0. The van der Waals surface area contributed by atoms with Crippen LogP contribution >= 0.6 is 23.1 Å². The quantitative estimate of drug-likeness (QED) is 0.298. The van der Waals surface area contributed by atoms with Crippen LogP contribution in [-0.2, 0) is 4.79 Å². The van der Waals surface area contributed by atoms with Crippen LogP contribution < -0.4 is 10.6 Å². The first-order valence-corrected chi connectivity index (χ1v) is 10.9. The molecule has 2 N–H and O–H groups in total. The maximum Gasteiger partial charge on any atom is 0.234 e. The molecule has 0 saturated carbocycles. The molecule has 0 aromatic carbocycles. The molecule has 1 amide bonds. The van der Waals surface area contributed by atoms with Crippen molar-refractivity contribution >= 4 is 35.0 Å². The number of nitrogens with zero attached hydrogens (tertiary/aromatic N) is 4. The van der Waals surface area contributed by atoms with Crippen LogP contribution in [0.15, 0.2) is 20.9 Å². The number of rotatable bonds is 8. The zero-order chi connectivity index (χ0) is 18.8. The molecule has 1 fully saturated rings. The van der Waals surface area contributed by atoms with Gasteiger partial charge in [0.15, 0.2) is 5.96 Å². The van der Waals surface area contributed by atoms with E-state index in [0.717, 1.165) is 55.2 Å². The van der Waals surface area contributed by atoms with E-state index >= 15 is 0 Å². The monoisotopic (exact) mass is 398 g/mol. The van der Waals surface area contributed by atoms with Crippen molar-refractivity contribution in [2.75, 3.05) is 52.1 Å². The predicted octanol–water partition coefficient (Wildman–Crippen LogP) is 1.34. The lowest BCUT2D eigenvalue weighted by atomic mass is 10.3. The first-order chi connectivity index (χ1) is 12.6. The smallest absolute Gasteiger partial charge is 0.234 e. The highest BCUT2D eigenvalue weighted by atomic mass is 32.2. The van der Waals surface area contributed by atoms with Gasteiger partial charge in [-0.15, -0.1) is 11.3 Å². The molecule has 1 aliphatic heterocycles. The lowest BCUT2D eigenvalue weighted by molar-refractivity contribution is -0.123. The minimum atomic E-state index is 0.105. The van der Waals surface area contributed by atoms with Gasteiger partial charge >= 0.3 is 0 Å². The van der Waals surface area contributed by atoms with Crippen molar-refractivity contribution in [1.82, 2.24) is 25.4 Å². The fourth-order valence-corrected chi connectivity index (χ4v) is 4.38. The maximum absolute atomic E-state index is 11.9. The Morgan fingerprint density at radius 2 is 2.15 bits per heavy atom. The van der Waals surface area contributed by atoms with Crippen LogP contribution in [0.5, 0.6) is 0 Å². The molecule has 146 valence electrons. The van der Waals surface area contributed by atoms with Crippen LogP contribution in [-0.4, -0.2) is 84.8 Å². The van der Waals surface area contributed by atoms with Crippen molar-refractivity contribution in [3.63, 3.8) is 0 Å². The number of hydrogen-bond donors (Lipinski definition) is 2. The first kappa shape index (κ1) is 21.0. The summed E-state index contributed by atoms with van der Waals surface area (Å²) in [4.78, 5) is 25.0. The van der Waals surface area contributed by atoms with Gasteiger partial charge < -0.3 is 15.5 Å². The standard InChI is InChI=1S/C17H30N6OS2/c1-14(2)21-15(24)13-22-7-9-23(10-8-22)16(18-3)19-5-4-11-25-17-20-6-12-26-17/h6,12,14H,4-5,7-11,13H2,1-3H3,(H,18,19)(H,21,24). The van der Waals surface area contributed by atoms with Crippen molar-refractivity contribution < 1.29 is 4.79 Å². The van der Waals surface area contributed by atoms with E-state index in [9.17, 15) is 4.79 Å². The minimum Gasteiger partial charge on any atom is -0.356 e. The highest BCUT2D eigenvalue weighted by Crippen LogP contribution is 2.20. The third kappa shape index (κ3) is 7.51. The van der Waals surface area contributed by atoms with E-state index in [4.69, 9.17) is 0 Å². The molecule has 0 atom stereocenters. The molecule has 1 aliphatic rings. The normalized spacial score (nSPS) is 16.2. The van der Waals surface area contributed by atoms with Crippen LogP contribution in [0.4, 0.5) is 0 Å². The maximum atomic E-state index is 11.9. The molecule has 7 nitrogen and oxygen atoms in total. The van der Waals surface area contributed by atoms with Gasteiger partial charge in [-0.1, -0.05) is 11.8 Å². The topological polar surface area (TPSA) is 72.9 Å². The lowest BCUT2D eigenvalue weighted by Gasteiger charge is -2.36. The molecular weight excluding hydrogens is 368 g/mol. The van der Waals surface area contributed by atoms with Crippen LogP contribution in [0.2, 0.25) is 0 Å². The summed E-state index contributed by atoms with van der Waals surface area (Å²) in [6.45, 7) is 8.90. The summed E-state index contributed by atoms with van der Waals surface area (Å²) in [6.07, 6.45) is 2.91. The molecule has 26 heavy (non-hydrogen) atoms. The van der Waals surface area contributed by atoms with Crippen molar-refractivity contribution in [2.45, 2.75) is 30.6 Å². The van der Waals surface area contributed by atoms with Crippen LogP contribution in [0.25, 0.3) is 0 Å². The summed E-state index contributed by atoms with van der Waals surface area (Å²) in [7, 11) is 1.83. The molecule has 0 aliphatic carbocycles. The summed E-state index contributed by atoms with van der Waals surface area (Å²) < 4.78 is 1.13. The van der Waals surface area contributed by atoms with Gasteiger partial charge in [0.25, 0.3) is 0 Å². The number of piperazine rings is 1. The molecule has 0 radical (unpaired) electrons. The third-order valence-electron chi connectivity index (χ3n) is 3.94. The van der Waals surface area contributed by atoms with E-state index < -0.39 is 0 Å². The zero-order valence-corrected chi connectivity index (χ0v) is 17.5. The second kappa shape index (κ2) is 11.4. The van der Waals surface area contributed by atoms with Gasteiger partial charge in [0.05, 0.1) is 6.54 Å². The number of amides is 1. The average Bonchev–Trinajstić information content (AvgIpc) is 3.12. The number of aliphatic imine (C=N–C) groups is 1.